The maximum Gasteiger partial charge on any atom is 0.217 e. The van der Waals surface area contributed by atoms with Crippen LogP contribution in [0.1, 0.15) is 18.8 Å². The molecule has 0 saturated heterocycles. The standard InChI is InChI=1S/C14H17Cl2N3O5/c1-5(21)17-11(13(24)12(23)10(22)4-20)14-18-8-2-6(15)7(16)3-9(8)19-14/h2-3,10-13,20,22-24H,4H2,1H3,(H,17,21)(H,18,19)/t10?,11?,12-,13-/m1/s1. The molecule has 0 bridgehead atoms. The number of amides is 1. The van der Waals surface area contributed by atoms with Crippen LogP contribution in [0.2, 0.25) is 10.0 Å². The normalized spacial score (nSPS) is 16.6. The van der Waals surface area contributed by atoms with Crippen molar-refractivity contribution in [2.24, 2.45) is 0 Å². The van der Waals surface area contributed by atoms with Crippen LogP contribution < -0.4 is 5.32 Å². The number of hydrogen-bond donors (Lipinski definition) is 6. The predicted molar refractivity (Wildman–Crippen MR) is 87.8 cm³/mol. The van der Waals surface area contributed by atoms with E-state index in [0.29, 0.717) is 16.1 Å². The van der Waals surface area contributed by atoms with Crippen LogP contribution in [-0.4, -0.2) is 61.2 Å². The van der Waals surface area contributed by atoms with Gasteiger partial charge in [-0.05, 0) is 12.1 Å². The summed E-state index contributed by atoms with van der Waals surface area (Å²) in [6.45, 7) is 0.474. The Bertz CT molecular complexity index is 700. The molecule has 0 spiro atoms. The lowest BCUT2D eigenvalue weighted by Crippen LogP contribution is -2.47. The maximum atomic E-state index is 11.4. The molecule has 6 N–H and O–H groups in total. The lowest BCUT2D eigenvalue weighted by molar-refractivity contribution is -0.123. The molecule has 4 atom stereocenters. The van der Waals surface area contributed by atoms with Gasteiger partial charge in [0.1, 0.15) is 30.2 Å². The van der Waals surface area contributed by atoms with Crippen molar-refractivity contribution < 1.29 is 25.2 Å². The number of H-pyrrole nitrogens is 1. The summed E-state index contributed by atoms with van der Waals surface area (Å²) in [6, 6.07) is 1.89. The number of aliphatic hydroxyl groups is 4. The van der Waals surface area contributed by atoms with E-state index in [0.717, 1.165) is 0 Å². The monoisotopic (exact) mass is 377 g/mol. The second kappa shape index (κ2) is 7.64. The number of carbonyl (C=O) groups excluding carboxylic acids is 1. The topological polar surface area (TPSA) is 139 Å². The minimum absolute atomic E-state index is 0.134. The summed E-state index contributed by atoms with van der Waals surface area (Å²) >= 11 is 11.9. The van der Waals surface area contributed by atoms with E-state index in [-0.39, 0.29) is 10.8 Å². The summed E-state index contributed by atoms with van der Waals surface area (Å²) in [5.41, 5.74) is 0.957. The van der Waals surface area contributed by atoms with Gasteiger partial charge < -0.3 is 30.7 Å². The molecule has 2 rings (SSSR count). The highest BCUT2D eigenvalue weighted by molar-refractivity contribution is 6.42. The van der Waals surface area contributed by atoms with Gasteiger partial charge in [-0.1, -0.05) is 23.2 Å². The second-order valence-electron chi connectivity index (χ2n) is 5.31. The van der Waals surface area contributed by atoms with Crippen LogP contribution in [0.25, 0.3) is 11.0 Å². The van der Waals surface area contributed by atoms with E-state index in [1.807, 2.05) is 0 Å². The zero-order valence-corrected chi connectivity index (χ0v) is 14.1. The fourth-order valence-electron chi connectivity index (χ4n) is 2.24. The number of aromatic nitrogens is 2. The first-order chi connectivity index (χ1) is 11.2. The first-order valence-corrected chi connectivity index (χ1v) is 7.77. The van der Waals surface area contributed by atoms with E-state index in [9.17, 15) is 20.1 Å². The molecule has 1 aromatic carbocycles. The van der Waals surface area contributed by atoms with Crippen molar-refractivity contribution in [1.29, 1.82) is 0 Å². The highest BCUT2D eigenvalue weighted by Gasteiger charge is 2.34. The molecule has 0 fully saturated rings. The number of benzene rings is 1. The minimum atomic E-state index is -1.70. The number of nitrogens with zero attached hydrogens (tertiary/aromatic N) is 1. The van der Waals surface area contributed by atoms with Gasteiger partial charge in [0.15, 0.2) is 0 Å². The Morgan fingerprint density at radius 2 is 1.88 bits per heavy atom. The number of nitrogens with one attached hydrogen (secondary N) is 2. The van der Waals surface area contributed by atoms with E-state index >= 15 is 0 Å². The van der Waals surface area contributed by atoms with Crippen molar-refractivity contribution in [3.8, 4) is 0 Å². The van der Waals surface area contributed by atoms with Gasteiger partial charge in [0.2, 0.25) is 5.91 Å². The van der Waals surface area contributed by atoms with Gasteiger partial charge in [-0.3, -0.25) is 4.79 Å². The molecule has 0 radical (unpaired) electrons. The molecule has 1 amide bonds. The fraction of sp³-hybridized carbons (Fsp3) is 0.429. The predicted octanol–water partition coefficient (Wildman–Crippen LogP) is 0.122. The smallest absolute Gasteiger partial charge is 0.217 e. The quantitative estimate of drug-likeness (QED) is 0.422. The number of hydrogen-bond acceptors (Lipinski definition) is 6. The number of carbonyl (C=O) groups is 1. The summed E-state index contributed by atoms with van der Waals surface area (Å²) in [4.78, 5) is 18.5. The van der Waals surface area contributed by atoms with Crippen molar-refractivity contribution >= 4 is 40.1 Å². The largest absolute Gasteiger partial charge is 0.394 e. The average molecular weight is 378 g/mol. The van der Waals surface area contributed by atoms with Gasteiger partial charge in [0, 0.05) is 6.92 Å². The number of halogens is 2. The first-order valence-electron chi connectivity index (χ1n) is 7.01. The Morgan fingerprint density at radius 3 is 2.46 bits per heavy atom. The lowest BCUT2D eigenvalue weighted by Gasteiger charge is -2.28. The number of imidazole rings is 1. The summed E-state index contributed by atoms with van der Waals surface area (Å²) in [5, 5.41) is 41.6. The van der Waals surface area contributed by atoms with Crippen molar-refractivity contribution in [3.05, 3.63) is 28.0 Å². The summed E-state index contributed by atoms with van der Waals surface area (Å²) < 4.78 is 0. The summed E-state index contributed by atoms with van der Waals surface area (Å²) in [5.74, 6) is -0.350. The Balaban J connectivity index is 2.42. The molecule has 24 heavy (non-hydrogen) atoms. The van der Waals surface area contributed by atoms with E-state index < -0.39 is 36.9 Å². The van der Waals surface area contributed by atoms with Gasteiger partial charge in [-0.2, -0.15) is 0 Å². The Kier molecular flexibility index (Phi) is 6.02. The molecule has 0 aliphatic carbocycles. The molecule has 8 nitrogen and oxygen atoms in total. The van der Waals surface area contributed by atoms with Crippen LogP contribution in [0, 0.1) is 0 Å². The van der Waals surface area contributed by atoms with Crippen LogP contribution in [0.15, 0.2) is 12.1 Å². The number of rotatable bonds is 6. The van der Waals surface area contributed by atoms with Crippen molar-refractivity contribution in [3.63, 3.8) is 0 Å². The molecular weight excluding hydrogens is 361 g/mol. The highest BCUT2D eigenvalue weighted by atomic mass is 35.5. The molecule has 1 aromatic heterocycles. The van der Waals surface area contributed by atoms with Crippen LogP contribution in [-0.2, 0) is 4.79 Å². The van der Waals surface area contributed by atoms with Crippen molar-refractivity contribution in [1.82, 2.24) is 15.3 Å². The van der Waals surface area contributed by atoms with Gasteiger partial charge in [-0.15, -0.1) is 0 Å². The molecular formula is C14H17Cl2N3O5. The van der Waals surface area contributed by atoms with E-state index in [1.54, 1.807) is 0 Å². The third kappa shape index (κ3) is 3.97. The zero-order chi connectivity index (χ0) is 18.0. The summed E-state index contributed by atoms with van der Waals surface area (Å²) in [7, 11) is 0. The average Bonchev–Trinajstić information content (AvgIpc) is 2.93. The third-order valence-electron chi connectivity index (χ3n) is 3.47. The molecule has 1 heterocycles. The molecule has 2 aromatic rings. The van der Waals surface area contributed by atoms with Crippen molar-refractivity contribution in [2.45, 2.75) is 31.3 Å². The Hall–Kier alpha value is -1.42. The number of fused-ring (bicyclic) bond motifs is 1. The van der Waals surface area contributed by atoms with E-state index in [4.69, 9.17) is 28.3 Å². The number of aliphatic hydroxyl groups excluding tert-OH is 4. The zero-order valence-electron chi connectivity index (χ0n) is 12.6. The van der Waals surface area contributed by atoms with Crippen LogP contribution >= 0.6 is 23.2 Å². The van der Waals surface area contributed by atoms with Gasteiger partial charge >= 0.3 is 0 Å². The lowest BCUT2D eigenvalue weighted by atomic mass is 10.0. The van der Waals surface area contributed by atoms with E-state index in [1.165, 1.54) is 19.1 Å². The summed E-state index contributed by atoms with van der Waals surface area (Å²) in [6.07, 6.45) is -4.90. The van der Waals surface area contributed by atoms with Crippen LogP contribution in [0.5, 0.6) is 0 Å². The molecule has 0 aliphatic rings. The molecule has 0 saturated carbocycles. The first kappa shape index (κ1) is 18.9. The molecule has 132 valence electrons. The Labute approximate surface area is 147 Å². The number of aromatic amines is 1. The van der Waals surface area contributed by atoms with Gasteiger partial charge in [-0.25, -0.2) is 4.98 Å². The Morgan fingerprint density at radius 1 is 1.25 bits per heavy atom. The minimum Gasteiger partial charge on any atom is -0.394 e. The van der Waals surface area contributed by atoms with Crippen LogP contribution in [0.4, 0.5) is 0 Å². The maximum absolute atomic E-state index is 11.4. The van der Waals surface area contributed by atoms with E-state index in [2.05, 4.69) is 15.3 Å². The highest BCUT2D eigenvalue weighted by Crippen LogP contribution is 2.28. The molecule has 10 heteroatoms. The van der Waals surface area contributed by atoms with Gasteiger partial charge in [0.25, 0.3) is 0 Å². The third-order valence-corrected chi connectivity index (χ3v) is 4.19. The molecule has 0 aliphatic heterocycles. The van der Waals surface area contributed by atoms with Crippen LogP contribution in [0.3, 0.4) is 0 Å². The second-order valence-corrected chi connectivity index (χ2v) is 6.13. The fourth-order valence-corrected chi connectivity index (χ4v) is 2.56. The molecule has 2 unspecified atom stereocenters. The van der Waals surface area contributed by atoms with Crippen molar-refractivity contribution in [2.75, 3.05) is 6.61 Å². The van der Waals surface area contributed by atoms with Gasteiger partial charge in [0.05, 0.1) is 27.7 Å². The SMILES string of the molecule is CC(=O)NC(c1nc2cc(Cl)c(Cl)cc2[nH]1)[C@@H](O)[C@H](O)C(O)CO.